The zero-order valence-corrected chi connectivity index (χ0v) is 17.1. The Bertz CT molecular complexity index is 850. The molecule has 3 amide bonds. The van der Waals surface area contributed by atoms with Crippen molar-refractivity contribution < 1.29 is 18.9 Å². The van der Waals surface area contributed by atoms with E-state index in [4.69, 9.17) is 4.52 Å². The van der Waals surface area contributed by atoms with E-state index in [9.17, 15) is 14.4 Å². The molecule has 0 radical (unpaired) electrons. The molecule has 0 saturated heterocycles. The molecule has 0 fully saturated rings. The summed E-state index contributed by atoms with van der Waals surface area (Å²) in [5, 5.41) is 11.4. The summed E-state index contributed by atoms with van der Waals surface area (Å²) >= 11 is 1.18. The van der Waals surface area contributed by atoms with Crippen LogP contribution in [0.5, 0.6) is 0 Å². The minimum Gasteiger partial charge on any atom is -0.360 e. The van der Waals surface area contributed by atoms with Gasteiger partial charge in [0.05, 0.1) is 22.3 Å². The van der Waals surface area contributed by atoms with Crippen LogP contribution in [0.1, 0.15) is 36.9 Å². The van der Waals surface area contributed by atoms with Crippen LogP contribution < -0.4 is 16.0 Å². The molecule has 0 aliphatic carbocycles. The van der Waals surface area contributed by atoms with Crippen molar-refractivity contribution in [3.05, 3.63) is 41.7 Å². The highest BCUT2D eigenvalue weighted by Crippen LogP contribution is 2.18. The first kappa shape index (κ1) is 21.5. The monoisotopic (exact) mass is 404 g/mol. The van der Waals surface area contributed by atoms with Crippen molar-refractivity contribution in [3.8, 4) is 0 Å². The van der Waals surface area contributed by atoms with Gasteiger partial charge in [-0.15, -0.1) is 11.8 Å². The number of hydrogen-bond donors (Lipinski definition) is 3. The molecule has 1 atom stereocenters. The number of carbonyl (C=O) groups excluding carboxylic acids is 3. The fourth-order valence-electron chi connectivity index (χ4n) is 2.25. The van der Waals surface area contributed by atoms with Gasteiger partial charge >= 0.3 is 0 Å². The number of carbonyl (C=O) groups is 3. The SMILES string of the molecule is Cc1cc(NC(=O)C(C)SCC(=O)Nc2ccccc2C(=O)NC(C)C)no1. The lowest BCUT2D eigenvalue weighted by atomic mass is 10.1. The van der Waals surface area contributed by atoms with Gasteiger partial charge in [0.2, 0.25) is 11.8 Å². The lowest BCUT2D eigenvalue weighted by Crippen LogP contribution is -2.31. The molecule has 28 heavy (non-hydrogen) atoms. The van der Waals surface area contributed by atoms with Crippen molar-refractivity contribution in [2.24, 2.45) is 0 Å². The first-order valence-corrected chi connectivity index (χ1v) is 9.86. The second-order valence-corrected chi connectivity index (χ2v) is 7.82. The number of rotatable bonds is 8. The summed E-state index contributed by atoms with van der Waals surface area (Å²) in [6, 6.07) is 8.39. The predicted molar refractivity (Wildman–Crippen MR) is 109 cm³/mol. The van der Waals surface area contributed by atoms with Crippen molar-refractivity contribution in [1.29, 1.82) is 0 Å². The number of aromatic nitrogens is 1. The average Bonchev–Trinajstić information content (AvgIpc) is 3.04. The molecule has 0 saturated carbocycles. The molecule has 1 unspecified atom stereocenters. The van der Waals surface area contributed by atoms with E-state index in [-0.39, 0.29) is 29.5 Å². The summed E-state index contributed by atoms with van der Waals surface area (Å²) in [6.45, 7) is 7.15. The minimum absolute atomic E-state index is 0.0142. The Labute approximate surface area is 167 Å². The summed E-state index contributed by atoms with van der Waals surface area (Å²) in [4.78, 5) is 36.7. The maximum atomic E-state index is 12.3. The van der Waals surface area contributed by atoms with Crippen molar-refractivity contribution in [1.82, 2.24) is 10.5 Å². The Morgan fingerprint density at radius 2 is 1.86 bits per heavy atom. The van der Waals surface area contributed by atoms with Crippen LogP contribution >= 0.6 is 11.8 Å². The van der Waals surface area contributed by atoms with Crippen LogP contribution in [-0.4, -0.2) is 39.9 Å². The number of anilines is 2. The molecule has 0 bridgehead atoms. The second-order valence-electron chi connectivity index (χ2n) is 6.49. The molecule has 150 valence electrons. The van der Waals surface area contributed by atoms with Crippen LogP contribution in [0.4, 0.5) is 11.5 Å². The fraction of sp³-hybridized carbons (Fsp3) is 0.368. The van der Waals surface area contributed by atoms with Gasteiger partial charge < -0.3 is 20.5 Å². The zero-order chi connectivity index (χ0) is 20.7. The third kappa shape index (κ3) is 6.41. The van der Waals surface area contributed by atoms with Gasteiger partial charge in [-0.2, -0.15) is 0 Å². The van der Waals surface area contributed by atoms with Crippen molar-refractivity contribution in [2.45, 2.75) is 39.0 Å². The predicted octanol–water partition coefficient (Wildman–Crippen LogP) is 2.82. The highest BCUT2D eigenvalue weighted by Gasteiger charge is 2.18. The van der Waals surface area contributed by atoms with Gasteiger partial charge in [-0.25, -0.2) is 0 Å². The van der Waals surface area contributed by atoms with Crippen LogP contribution in [0.2, 0.25) is 0 Å². The number of amides is 3. The molecule has 0 aliphatic heterocycles. The first-order chi connectivity index (χ1) is 13.3. The first-order valence-electron chi connectivity index (χ1n) is 8.81. The Morgan fingerprint density at radius 3 is 2.50 bits per heavy atom. The Kier molecular flexibility index (Phi) is 7.62. The molecular formula is C19H24N4O4S. The molecule has 1 aromatic heterocycles. The summed E-state index contributed by atoms with van der Waals surface area (Å²) in [5.74, 6) is 0.162. The Morgan fingerprint density at radius 1 is 1.14 bits per heavy atom. The van der Waals surface area contributed by atoms with E-state index >= 15 is 0 Å². The molecule has 9 heteroatoms. The molecule has 2 rings (SSSR count). The molecular weight excluding hydrogens is 380 g/mol. The maximum Gasteiger partial charge on any atom is 0.253 e. The maximum absolute atomic E-state index is 12.3. The van der Waals surface area contributed by atoms with Crippen molar-refractivity contribution in [2.75, 3.05) is 16.4 Å². The van der Waals surface area contributed by atoms with Gasteiger partial charge in [0.1, 0.15) is 5.76 Å². The number of nitrogens with one attached hydrogen (secondary N) is 3. The third-order valence-corrected chi connectivity index (χ3v) is 4.72. The fourth-order valence-corrected chi connectivity index (χ4v) is 2.93. The van der Waals surface area contributed by atoms with E-state index in [1.54, 1.807) is 44.2 Å². The Hall–Kier alpha value is -2.81. The van der Waals surface area contributed by atoms with Gasteiger partial charge in [-0.3, -0.25) is 14.4 Å². The minimum atomic E-state index is -0.470. The molecule has 3 N–H and O–H groups in total. The topological polar surface area (TPSA) is 113 Å². The van der Waals surface area contributed by atoms with E-state index in [0.29, 0.717) is 22.8 Å². The van der Waals surface area contributed by atoms with Crippen LogP contribution in [0.15, 0.2) is 34.9 Å². The summed E-state index contributed by atoms with van der Waals surface area (Å²) in [5.41, 5.74) is 0.822. The van der Waals surface area contributed by atoms with Crippen LogP contribution in [0, 0.1) is 6.92 Å². The number of para-hydroxylation sites is 1. The third-order valence-electron chi connectivity index (χ3n) is 3.58. The number of aryl methyl sites for hydroxylation is 1. The number of hydrogen-bond acceptors (Lipinski definition) is 6. The average molecular weight is 404 g/mol. The summed E-state index contributed by atoms with van der Waals surface area (Å²) in [7, 11) is 0. The van der Waals surface area contributed by atoms with Crippen molar-refractivity contribution >= 4 is 41.0 Å². The van der Waals surface area contributed by atoms with E-state index in [1.807, 2.05) is 13.8 Å². The Balaban J connectivity index is 1.88. The normalized spacial score (nSPS) is 11.8. The van der Waals surface area contributed by atoms with Crippen LogP contribution in [-0.2, 0) is 9.59 Å². The van der Waals surface area contributed by atoms with E-state index < -0.39 is 5.25 Å². The van der Waals surface area contributed by atoms with E-state index in [2.05, 4.69) is 21.1 Å². The van der Waals surface area contributed by atoms with E-state index in [1.165, 1.54) is 11.8 Å². The lowest BCUT2D eigenvalue weighted by molar-refractivity contribution is -0.115. The highest BCUT2D eigenvalue weighted by atomic mass is 32.2. The quantitative estimate of drug-likeness (QED) is 0.623. The van der Waals surface area contributed by atoms with Gasteiger partial charge in [0.15, 0.2) is 5.82 Å². The number of benzene rings is 1. The van der Waals surface area contributed by atoms with Gasteiger partial charge in [-0.05, 0) is 39.8 Å². The molecule has 8 nitrogen and oxygen atoms in total. The summed E-state index contributed by atoms with van der Waals surface area (Å²) in [6.07, 6.45) is 0. The number of thioether (sulfide) groups is 1. The standard InChI is InChI=1S/C19H24N4O4S/c1-11(2)20-19(26)14-7-5-6-8-15(14)21-17(24)10-28-13(4)18(25)22-16-9-12(3)27-23-16/h5-9,11,13H,10H2,1-4H3,(H,20,26)(H,21,24)(H,22,23,25). The van der Waals surface area contributed by atoms with Gasteiger partial charge in [0.25, 0.3) is 5.91 Å². The van der Waals surface area contributed by atoms with Crippen molar-refractivity contribution in [3.63, 3.8) is 0 Å². The molecule has 0 spiro atoms. The molecule has 0 aliphatic rings. The molecule has 1 heterocycles. The van der Waals surface area contributed by atoms with Gasteiger partial charge in [0, 0.05) is 12.1 Å². The van der Waals surface area contributed by atoms with E-state index in [0.717, 1.165) is 0 Å². The highest BCUT2D eigenvalue weighted by molar-refractivity contribution is 8.01. The largest absolute Gasteiger partial charge is 0.360 e. The van der Waals surface area contributed by atoms with Crippen LogP contribution in [0.25, 0.3) is 0 Å². The van der Waals surface area contributed by atoms with Crippen LogP contribution in [0.3, 0.4) is 0 Å². The molecule has 2 aromatic rings. The van der Waals surface area contributed by atoms with Gasteiger partial charge in [-0.1, -0.05) is 17.3 Å². The zero-order valence-electron chi connectivity index (χ0n) is 16.2. The summed E-state index contributed by atoms with van der Waals surface area (Å²) < 4.78 is 4.90. The second kappa shape index (κ2) is 9.93. The number of nitrogens with zero attached hydrogens (tertiary/aromatic N) is 1. The lowest BCUT2D eigenvalue weighted by Gasteiger charge is -2.14. The smallest absolute Gasteiger partial charge is 0.253 e. The molecule has 1 aromatic carbocycles.